The molecule has 3 rings (SSSR count). The molecule has 1 N–H and O–H groups in total. The van der Waals surface area contributed by atoms with E-state index in [1.54, 1.807) is 11.9 Å². The Bertz CT molecular complexity index is 1080. The molecule has 3 aromatic carbocycles. The van der Waals surface area contributed by atoms with Crippen LogP contribution in [0.4, 0.5) is 0 Å². The lowest BCUT2D eigenvalue weighted by molar-refractivity contribution is -0.142. The molecule has 0 aliphatic carbocycles. The van der Waals surface area contributed by atoms with Crippen molar-refractivity contribution in [1.29, 1.82) is 0 Å². The molecule has 3 aromatic rings. The van der Waals surface area contributed by atoms with Crippen LogP contribution in [0.3, 0.4) is 0 Å². The van der Waals surface area contributed by atoms with Gasteiger partial charge in [-0.25, -0.2) is 0 Å². The molecule has 0 saturated carbocycles. The number of carbonyl (C=O) groups is 2. The number of nitrogens with zero attached hydrogens (tertiary/aromatic N) is 1. The van der Waals surface area contributed by atoms with Crippen molar-refractivity contribution in [2.45, 2.75) is 32.9 Å². The summed E-state index contributed by atoms with van der Waals surface area (Å²) < 4.78 is 6.79. The zero-order chi connectivity index (χ0) is 23.8. The number of hydrogen-bond donors (Lipinski definition) is 1. The molecule has 0 fully saturated rings. The first-order valence-corrected chi connectivity index (χ1v) is 11.7. The van der Waals surface area contributed by atoms with E-state index in [-0.39, 0.29) is 18.4 Å². The molecule has 0 bridgehead atoms. The van der Waals surface area contributed by atoms with E-state index in [2.05, 4.69) is 21.2 Å². The standard InChI is InChI=1S/C27H29BrN2O3/c1-19-9-11-22(12-10-19)17-30(25(27(32)29-3)16-21-7-5-4-6-8-21)26(31)18-33-23-13-14-24(28)20(2)15-23/h4-15,25H,16-18H2,1-3H3,(H,29,32). The van der Waals surface area contributed by atoms with Gasteiger partial charge in [-0.3, -0.25) is 9.59 Å². The molecule has 0 heterocycles. The van der Waals surface area contributed by atoms with E-state index < -0.39 is 6.04 Å². The maximum absolute atomic E-state index is 13.4. The first kappa shape index (κ1) is 24.5. The fourth-order valence-electron chi connectivity index (χ4n) is 3.55. The Labute approximate surface area is 203 Å². The molecule has 0 aromatic heterocycles. The number of carbonyl (C=O) groups excluding carboxylic acids is 2. The summed E-state index contributed by atoms with van der Waals surface area (Å²) >= 11 is 3.47. The minimum absolute atomic E-state index is 0.158. The number of halogens is 1. The van der Waals surface area contributed by atoms with Crippen molar-refractivity contribution in [3.05, 3.63) is 99.5 Å². The van der Waals surface area contributed by atoms with Gasteiger partial charge in [0.2, 0.25) is 5.91 Å². The third-order valence-corrected chi connectivity index (χ3v) is 6.37. The van der Waals surface area contributed by atoms with Gasteiger partial charge in [0.15, 0.2) is 6.61 Å². The Morgan fingerprint density at radius 3 is 2.30 bits per heavy atom. The molecule has 172 valence electrons. The number of nitrogens with one attached hydrogen (secondary N) is 1. The van der Waals surface area contributed by atoms with Crippen LogP contribution in [-0.4, -0.2) is 36.4 Å². The van der Waals surface area contributed by atoms with Gasteiger partial charge < -0.3 is 15.0 Å². The number of hydrogen-bond acceptors (Lipinski definition) is 3. The summed E-state index contributed by atoms with van der Waals surface area (Å²) in [7, 11) is 1.59. The lowest BCUT2D eigenvalue weighted by Crippen LogP contribution is -2.51. The van der Waals surface area contributed by atoms with Gasteiger partial charge in [-0.15, -0.1) is 0 Å². The zero-order valence-corrected chi connectivity index (χ0v) is 20.8. The predicted molar refractivity (Wildman–Crippen MR) is 134 cm³/mol. The molecule has 2 amide bonds. The van der Waals surface area contributed by atoms with Crippen LogP contribution in [0.1, 0.15) is 22.3 Å². The van der Waals surface area contributed by atoms with Gasteiger partial charge in [0.05, 0.1) is 0 Å². The summed E-state index contributed by atoms with van der Waals surface area (Å²) in [6.07, 6.45) is 0.412. The molecule has 33 heavy (non-hydrogen) atoms. The van der Waals surface area contributed by atoms with E-state index in [4.69, 9.17) is 4.74 Å². The highest BCUT2D eigenvalue weighted by Crippen LogP contribution is 2.22. The summed E-state index contributed by atoms with van der Waals surface area (Å²) in [5.41, 5.74) is 4.09. The monoisotopic (exact) mass is 508 g/mol. The fraction of sp³-hybridized carbons (Fsp3) is 0.259. The molecule has 0 radical (unpaired) electrons. The number of likely N-dealkylation sites (N-methyl/N-ethyl adjacent to an activating group) is 1. The highest BCUT2D eigenvalue weighted by Gasteiger charge is 2.30. The summed E-state index contributed by atoms with van der Waals surface area (Å²) in [4.78, 5) is 27.9. The molecule has 0 saturated heterocycles. The summed E-state index contributed by atoms with van der Waals surface area (Å²) in [6.45, 7) is 4.13. The summed E-state index contributed by atoms with van der Waals surface area (Å²) in [5.74, 6) is 0.151. The Morgan fingerprint density at radius 2 is 1.67 bits per heavy atom. The Morgan fingerprint density at radius 1 is 0.970 bits per heavy atom. The summed E-state index contributed by atoms with van der Waals surface area (Å²) in [5, 5.41) is 2.72. The van der Waals surface area contributed by atoms with E-state index in [0.29, 0.717) is 18.7 Å². The quantitative estimate of drug-likeness (QED) is 0.450. The van der Waals surface area contributed by atoms with Gasteiger partial charge in [-0.1, -0.05) is 76.1 Å². The van der Waals surface area contributed by atoms with Crippen molar-refractivity contribution < 1.29 is 14.3 Å². The second-order valence-electron chi connectivity index (χ2n) is 8.03. The van der Waals surface area contributed by atoms with Crippen molar-refractivity contribution in [3.63, 3.8) is 0 Å². The Hall–Kier alpha value is -3.12. The second-order valence-corrected chi connectivity index (χ2v) is 8.88. The molecule has 1 atom stereocenters. The highest BCUT2D eigenvalue weighted by molar-refractivity contribution is 9.10. The van der Waals surface area contributed by atoms with Gasteiger partial charge in [-0.2, -0.15) is 0 Å². The molecular weight excluding hydrogens is 480 g/mol. The number of aryl methyl sites for hydroxylation is 2. The number of rotatable bonds is 9. The third-order valence-electron chi connectivity index (χ3n) is 5.48. The zero-order valence-electron chi connectivity index (χ0n) is 19.2. The smallest absolute Gasteiger partial charge is 0.261 e. The van der Waals surface area contributed by atoms with Crippen molar-refractivity contribution in [3.8, 4) is 5.75 Å². The molecule has 6 heteroatoms. The van der Waals surface area contributed by atoms with Crippen molar-refractivity contribution in [2.24, 2.45) is 0 Å². The van der Waals surface area contributed by atoms with Crippen LogP contribution in [-0.2, 0) is 22.6 Å². The first-order chi connectivity index (χ1) is 15.9. The van der Waals surface area contributed by atoms with Crippen molar-refractivity contribution in [2.75, 3.05) is 13.7 Å². The van der Waals surface area contributed by atoms with Gasteiger partial charge in [0.1, 0.15) is 11.8 Å². The van der Waals surface area contributed by atoms with Crippen LogP contribution in [0, 0.1) is 13.8 Å². The highest BCUT2D eigenvalue weighted by atomic mass is 79.9. The van der Waals surface area contributed by atoms with Crippen molar-refractivity contribution >= 4 is 27.7 Å². The fourth-order valence-corrected chi connectivity index (χ4v) is 3.79. The third kappa shape index (κ3) is 6.93. The van der Waals surface area contributed by atoms with E-state index in [1.165, 1.54) is 0 Å². The largest absolute Gasteiger partial charge is 0.484 e. The molecular formula is C27H29BrN2O3. The van der Waals surface area contributed by atoms with Crippen LogP contribution in [0.15, 0.2) is 77.3 Å². The normalized spacial score (nSPS) is 11.5. The maximum Gasteiger partial charge on any atom is 0.261 e. The van der Waals surface area contributed by atoms with Crippen LogP contribution < -0.4 is 10.1 Å². The molecule has 0 aliphatic heterocycles. The van der Waals surface area contributed by atoms with E-state index in [9.17, 15) is 9.59 Å². The first-order valence-electron chi connectivity index (χ1n) is 10.9. The lowest BCUT2D eigenvalue weighted by Gasteiger charge is -2.31. The average Bonchev–Trinajstić information content (AvgIpc) is 2.83. The lowest BCUT2D eigenvalue weighted by atomic mass is 10.0. The number of amides is 2. The van der Waals surface area contributed by atoms with Crippen LogP contribution in [0.5, 0.6) is 5.75 Å². The van der Waals surface area contributed by atoms with E-state index >= 15 is 0 Å². The van der Waals surface area contributed by atoms with Gasteiger partial charge >= 0.3 is 0 Å². The summed E-state index contributed by atoms with van der Waals surface area (Å²) in [6, 6.07) is 22.6. The second kappa shape index (κ2) is 11.7. The SMILES string of the molecule is CNC(=O)C(Cc1ccccc1)N(Cc1ccc(C)cc1)C(=O)COc1ccc(Br)c(C)c1. The van der Waals surface area contributed by atoms with Gasteiger partial charge in [-0.05, 0) is 48.7 Å². The van der Waals surface area contributed by atoms with Crippen molar-refractivity contribution in [1.82, 2.24) is 10.2 Å². The molecule has 0 spiro atoms. The van der Waals surface area contributed by atoms with Crippen LogP contribution in [0.2, 0.25) is 0 Å². The minimum atomic E-state index is -0.665. The molecule has 0 aliphatic rings. The minimum Gasteiger partial charge on any atom is -0.484 e. The Kier molecular flexibility index (Phi) is 8.66. The molecule has 5 nitrogen and oxygen atoms in total. The topological polar surface area (TPSA) is 58.6 Å². The van der Waals surface area contributed by atoms with E-state index in [1.807, 2.05) is 86.6 Å². The van der Waals surface area contributed by atoms with Gasteiger partial charge in [0.25, 0.3) is 5.91 Å². The molecule has 1 unspecified atom stereocenters. The number of benzene rings is 3. The van der Waals surface area contributed by atoms with E-state index in [0.717, 1.165) is 26.7 Å². The Balaban J connectivity index is 1.86. The average molecular weight is 509 g/mol. The van der Waals surface area contributed by atoms with Crippen LogP contribution in [0.25, 0.3) is 0 Å². The number of ether oxygens (including phenoxy) is 1. The van der Waals surface area contributed by atoms with Crippen LogP contribution >= 0.6 is 15.9 Å². The van der Waals surface area contributed by atoms with Gasteiger partial charge in [0, 0.05) is 24.5 Å². The predicted octanol–water partition coefficient (Wildman–Crippen LogP) is 4.83. The maximum atomic E-state index is 13.4.